The highest BCUT2D eigenvalue weighted by Crippen LogP contribution is 2.32. The first kappa shape index (κ1) is 17.2. The predicted molar refractivity (Wildman–Crippen MR) is 106 cm³/mol. The molecule has 3 rings (SSSR count). The molecule has 0 unspecified atom stereocenters. The predicted octanol–water partition coefficient (Wildman–Crippen LogP) is 5.23. The monoisotopic (exact) mass is 392 g/mol. The van der Waals surface area contributed by atoms with Gasteiger partial charge in [0.2, 0.25) is 0 Å². The lowest BCUT2D eigenvalue weighted by Gasteiger charge is -2.06. The van der Waals surface area contributed by atoms with Crippen molar-refractivity contribution in [3.63, 3.8) is 0 Å². The number of nitrogens with zero attached hydrogens (tertiary/aromatic N) is 2. The first-order valence-corrected chi connectivity index (χ1v) is 8.84. The average Bonchev–Trinajstić information content (AvgIpc) is 2.83. The van der Waals surface area contributed by atoms with Gasteiger partial charge in [-0.3, -0.25) is 4.79 Å². The fraction of sp³-hybridized carbons (Fsp3) is 0. The van der Waals surface area contributed by atoms with Crippen LogP contribution >= 0.6 is 47.2 Å². The molecule has 0 aliphatic carbocycles. The van der Waals surface area contributed by atoms with E-state index in [9.17, 15) is 4.79 Å². The minimum atomic E-state index is -0.245. The van der Waals surface area contributed by atoms with E-state index in [0.29, 0.717) is 19.3 Å². The van der Waals surface area contributed by atoms with Gasteiger partial charge in [0.25, 0.3) is 5.91 Å². The van der Waals surface area contributed by atoms with Crippen LogP contribution in [-0.4, -0.2) is 21.5 Å². The summed E-state index contributed by atoms with van der Waals surface area (Å²) in [5.41, 5.74) is 1.71. The highest BCUT2D eigenvalue weighted by atomic mass is 35.5. The molecule has 1 aliphatic heterocycles. The molecule has 7 heteroatoms. The van der Waals surface area contributed by atoms with E-state index in [4.69, 9.17) is 35.4 Å². The molecular weight excluding hydrogens is 383 g/mol. The number of benzene rings is 2. The van der Waals surface area contributed by atoms with Gasteiger partial charge in [-0.25, -0.2) is 0 Å². The summed E-state index contributed by atoms with van der Waals surface area (Å²) in [6, 6.07) is 14.4. The van der Waals surface area contributed by atoms with Crippen LogP contribution in [0, 0.1) is 0 Å². The van der Waals surface area contributed by atoms with Gasteiger partial charge in [0, 0.05) is 10.0 Å². The summed E-state index contributed by atoms with van der Waals surface area (Å²) < 4.78 is 0.394. The SMILES string of the molecule is O=C1/C(=C\c2ccc(Cl)cc2)SC(=S)N1/N=C/c1ccc(Cl)cc1. The fourth-order valence-corrected chi connectivity index (χ4v) is 3.37. The Labute approximate surface area is 158 Å². The smallest absolute Gasteiger partial charge is 0.266 e. The maximum absolute atomic E-state index is 12.5. The van der Waals surface area contributed by atoms with Gasteiger partial charge in [0.15, 0.2) is 4.32 Å². The Morgan fingerprint density at radius 2 is 1.50 bits per heavy atom. The number of hydrogen-bond donors (Lipinski definition) is 0. The lowest BCUT2D eigenvalue weighted by molar-refractivity contribution is -0.122. The van der Waals surface area contributed by atoms with Crippen molar-refractivity contribution in [3.05, 3.63) is 74.6 Å². The molecule has 1 heterocycles. The zero-order valence-corrected chi connectivity index (χ0v) is 15.3. The fourth-order valence-electron chi connectivity index (χ4n) is 1.94. The number of hydrogen-bond acceptors (Lipinski definition) is 4. The molecule has 0 aromatic heterocycles. The van der Waals surface area contributed by atoms with Crippen LogP contribution in [0.3, 0.4) is 0 Å². The van der Waals surface area contributed by atoms with Crippen molar-refractivity contribution in [2.24, 2.45) is 5.10 Å². The highest BCUT2D eigenvalue weighted by molar-refractivity contribution is 8.26. The molecule has 0 N–H and O–H groups in total. The Morgan fingerprint density at radius 1 is 0.958 bits per heavy atom. The third-order valence-corrected chi connectivity index (χ3v) is 4.92. The van der Waals surface area contributed by atoms with E-state index in [2.05, 4.69) is 5.10 Å². The van der Waals surface area contributed by atoms with E-state index in [1.807, 2.05) is 24.3 Å². The topological polar surface area (TPSA) is 32.7 Å². The number of thioether (sulfide) groups is 1. The van der Waals surface area contributed by atoms with E-state index >= 15 is 0 Å². The first-order chi connectivity index (χ1) is 11.5. The number of carbonyl (C=O) groups excluding carboxylic acids is 1. The van der Waals surface area contributed by atoms with Crippen LogP contribution in [0.1, 0.15) is 11.1 Å². The average molecular weight is 393 g/mol. The van der Waals surface area contributed by atoms with E-state index < -0.39 is 0 Å². The van der Waals surface area contributed by atoms with Gasteiger partial charge in [-0.2, -0.15) is 10.1 Å². The highest BCUT2D eigenvalue weighted by Gasteiger charge is 2.31. The van der Waals surface area contributed by atoms with Gasteiger partial charge in [0.1, 0.15) is 0 Å². The van der Waals surface area contributed by atoms with Crippen LogP contribution in [0.25, 0.3) is 6.08 Å². The molecule has 0 radical (unpaired) electrons. The zero-order valence-electron chi connectivity index (χ0n) is 12.1. The van der Waals surface area contributed by atoms with Gasteiger partial charge in [-0.15, -0.1) is 0 Å². The third kappa shape index (κ3) is 4.05. The van der Waals surface area contributed by atoms with E-state index in [1.165, 1.54) is 16.8 Å². The molecule has 0 bridgehead atoms. The van der Waals surface area contributed by atoms with E-state index in [-0.39, 0.29) is 5.91 Å². The molecule has 1 amide bonds. The largest absolute Gasteiger partial charge is 0.286 e. The van der Waals surface area contributed by atoms with Gasteiger partial charge in [-0.1, -0.05) is 59.2 Å². The lowest BCUT2D eigenvalue weighted by atomic mass is 10.2. The van der Waals surface area contributed by atoms with Gasteiger partial charge < -0.3 is 0 Å². The second kappa shape index (κ2) is 7.49. The van der Waals surface area contributed by atoms with Crippen molar-refractivity contribution in [3.8, 4) is 0 Å². The molecule has 2 aromatic carbocycles. The number of halogens is 2. The summed E-state index contributed by atoms with van der Waals surface area (Å²) in [4.78, 5) is 13.0. The minimum absolute atomic E-state index is 0.245. The summed E-state index contributed by atoms with van der Waals surface area (Å²) in [5, 5.41) is 6.69. The molecule has 120 valence electrons. The Kier molecular flexibility index (Phi) is 5.36. The number of amides is 1. The van der Waals surface area contributed by atoms with Crippen LogP contribution in [-0.2, 0) is 4.79 Å². The third-order valence-electron chi connectivity index (χ3n) is 3.13. The normalized spacial score (nSPS) is 16.6. The Morgan fingerprint density at radius 3 is 2.08 bits per heavy atom. The number of carbonyl (C=O) groups is 1. The number of rotatable bonds is 3. The second-order valence-electron chi connectivity index (χ2n) is 4.84. The van der Waals surface area contributed by atoms with Crippen molar-refractivity contribution >= 4 is 69.7 Å². The van der Waals surface area contributed by atoms with Crippen molar-refractivity contribution in [2.75, 3.05) is 0 Å². The van der Waals surface area contributed by atoms with Crippen molar-refractivity contribution < 1.29 is 4.79 Å². The second-order valence-corrected chi connectivity index (χ2v) is 7.39. The molecular formula is C17H10Cl2N2OS2. The maximum atomic E-state index is 12.5. The van der Waals surface area contributed by atoms with E-state index in [1.54, 1.807) is 36.6 Å². The summed E-state index contributed by atoms with van der Waals surface area (Å²) in [6.07, 6.45) is 3.35. The molecule has 0 atom stereocenters. The first-order valence-electron chi connectivity index (χ1n) is 6.86. The maximum Gasteiger partial charge on any atom is 0.286 e. The van der Waals surface area contributed by atoms with Gasteiger partial charge in [0.05, 0.1) is 11.1 Å². The molecule has 0 saturated carbocycles. The minimum Gasteiger partial charge on any atom is -0.266 e. The Hall–Kier alpha value is -1.66. The molecule has 1 fully saturated rings. The molecule has 1 saturated heterocycles. The number of hydrazone groups is 1. The van der Waals surface area contributed by atoms with Crippen LogP contribution in [0.5, 0.6) is 0 Å². The molecule has 0 spiro atoms. The van der Waals surface area contributed by atoms with E-state index in [0.717, 1.165) is 11.1 Å². The number of thiocarbonyl (C=S) groups is 1. The van der Waals surface area contributed by atoms with Crippen LogP contribution in [0.4, 0.5) is 0 Å². The molecule has 1 aliphatic rings. The standard InChI is InChI=1S/C17H10Cl2N2OS2/c18-13-5-1-11(2-6-13)9-15-16(22)21(17(23)24-15)20-10-12-3-7-14(19)8-4-12/h1-10H/b15-9+,20-10+. The summed E-state index contributed by atoms with van der Waals surface area (Å²) in [6.45, 7) is 0. The molecule has 3 nitrogen and oxygen atoms in total. The van der Waals surface area contributed by atoms with Crippen LogP contribution in [0.2, 0.25) is 10.0 Å². The van der Waals surface area contributed by atoms with Gasteiger partial charge >= 0.3 is 0 Å². The summed E-state index contributed by atoms with van der Waals surface area (Å²) >= 11 is 18.2. The summed E-state index contributed by atoms with van der Waals surface area (Å²) in [5.74, 6) is -0.245. The van der Waals surface area contributed by atoms with Crippen molar-refractivity contribution in [1.82, 2.24) is 5.01 Å². The van der Waals surface area contributed by atoms with Crippen molar-refractivity contribution in [2.45, 2.75) is 0 Å². The molecule has 2 aromatic rings. The molecule has 24 heavy (non-hydrogen) atoms. The Balaban J connectivity index is 1.78. The Bertz CT molecular complexity index is 846. The zero-order chi connectivity index (χ0) is 17.1. The lowest BCUT2D eigenvalue weighted by Crippen LogP contribution is -2.22. The van der Waals surface area contributed by atoms with Gasteiger partial charge in [-0.05, 0) is 53.7 Å². The summed E-state index contributed by atoms with van der Waals surface area (Å²) in [7, 11) is 0. The van der Waals surface area contributed by atoms with Crippen LogP contribution < -0.4 is 0 Å². The van der Waals surface area contributed by atoms with Crippen LogP contribution in [0.15, 0.2) is 58.5 Å². The quantitative estimate of drug-likeness (QED) is 0.407. The van der Waals surface area contributed by atoms with Crippen molar-refractivity contribution in [1.29, 1.82) is 0 Å².